The van der Waals surface area contributed by atoms with E-state index in [1.54, 1.807) is 0 Å². The molecule has 0 aromatic heterocycles. The molecule has 4 heteroatoms. The summed E-state index contributed by atoms with van der Waals surface area (Å²) in [5, 5.41) is 23.0. The zero-order valence-corrected chi connectivity index (χ0v) is 27.8. The summed E-state index contributed by atoms with van der Waals surface area (Å²) in [7, 11) is 0. The third-order valence-corrected chi connectivity index (χ3v) is 8.53. The zero-order valence-electron chi connectivity index (χ0n) is 27.8. The second-order valence-electron chi connectivity index (χ2n) is 12.6. The second kappa shape index (κ2) is 33.6. The molecule has 0 bridgehead atoms. The number of hydrogen-bond donors (Lipinski definition) is 3. The first-order valence-corrected chi connectivity index (χ1v) is 18.4. The molecule has 0 unspecified atom stereocenters. The van der Waals surface area contributed by atoms with Crippen LogP contribution in [0.15, 0.2) is 12.2 Å². The van der Waals surface area contributed by atoms with Gasteiger partial charge in [-0.25, -0.2) is 0 Å². The molecule has 0 heterocycles. The highest BCUT2D eigenvalue weighted by Gasteiger charge is 2.19. The molecule has 0 aliphatic rings. The maximum Gasteiger partial charge on any atom is 0.220 e. The van der Waals surface area contributed by atoms with Gasteiger partial charge in [0.1, 0.15) is 0 Å². The highest BCUT2D eigenvalue weighted by Crippen LogP contribution is 2.15. The van der Waals surface area contributed by atoms with Gasteiger partial charge in [0, 0.05) is 6.42 Å². The largest absolute Gasteiger partial charge is 0.394 e. The number of amides is 1. The normalized spacial score (nSPS) is 13.2. The Morgan fingerprint density at radius 3 is 1.34 bits per heavy atom. The van der Waals surface area contributed by atoms with Crippen LogP contribution in [0.3, 0.4) is 0 Å². The molecule has 0 fully saturated rings. The van der Waals surface area contributed by atoms with Crippen LogP contribution in [-0.4, -0.2) is 34.9 Å². The summed E-state index contributed by atoms with van der Waals surface area (Å²) in [6.45, 7) is 4.33. The van der Waals surface area contributed by atoms with Crippen molar-refractivity contribution in [1.82, 2.24) is 5.32 Å². The number of unbranched alkanes of at least 4 members (excludes halogenated alkanes) is 24. The van der Waals surface area contributed by atoms with Crippen molar-refractivity contribution in [2.75, 3.05) is 6.61 Å². The van der Waals surface area contributed by atoms with E-state index in [1.807, 2.05) is 0 Å². The van der Waals surface area contributed by atoms with Crippen LogP contribution >= 0.6 is 0 Å². The van der Waals surface area contributed by atoms with Crippen molar-refractivity contribution in [1.29, 1.82) is 0 Å². The van der Waals surface area contributed by atoms with Gasteiger partial charge >= 0.3 is 0 Å². The molecule has 1 amide bonds. The van der Waals surface area contributed by atoms with Crippen LogP contribution in [0.1, 0.15) is 200 Å². The maximum absolute atomic E-state index is 12.3. The molecule has 0 saturated heterocycles. The van der Waals surface area contributed by atoms with Gasteiger partial charge in [-0.1, -0.05) is 167 Å². The quantitative estimate of drug-likeness (QED) is 0.0535. The minimum absolute atomic E-state index is 0.0350. The van der Waals surface area contributed by atoms with E-state index in [0.717, 1.165) is 25.7 Å². The fraction of sp³-hybridized carbons (Fsp3) is 0.919. The maximum atomic E-state index is 12.3. The highest BCUT2D eigenvalue weighted by molar-refractivity contribution is 5.76. The molecule has 0 rings (SSSR count). The van der Waals surface area contributed by atoms with Crippen molar-refractivity contribution in [2.24, 2.45) is 0 Å². The second-order valence-corrected chi connectivity index (χ2v) is 12.6. The van der Waals surface area contributed by atoms with Gasteiger partial charge in [0.2, 0.25) is 5.91 Å². The Morgan fingerprint density at radius 1 is 0.561 bits per heavy atom. The molecular weight excluding hydrogens is 506 g/mol. The van der Waals surface area contributed by atoms with Gasteiger partial charge in [0.05, 0.1) is 18.8 Å². The number of aliphatic hydroxyl groups excluding tert-OH is 2. The summed E-state index contributed by atoms with van der Waals surface area (Å²) < 4.78 is 0. The number of rotatable bonds is 33. The Morgan fingerprint density at radius 2 is 0.927 bits per heavy atom. The van der Waals surface area contributed by atoms with E-state index in [-0.39, 0.29) is 12.5 Å². The molecule has 0 saturated carbocycles. The van der Waals surface area contributed by atoms with Crippen LogP contribution in [0.2, 0.25) is 0 Å². The summed E-state index contributed by atoms with van der Waals surface area (Å²) in [6, 6.07) is -0.531. The van der Waals surface area contributed by atoms with Gasteiger partial charge in [-0.3, -0.25) is 4.79 Å². The van der Waals surface area contributed by atoms with E-state index < -0.39 is 12.1 Å². The van der Waals surface area contributed by atoms with Crippen LogP contribution in [0.25, 0.3) is 0 Å². The summed E-state index contributed by atoms with van der Waals surface area (Å²) in [5.74, 6) is -0.0350. The first-order valence-electron chi connectivity index (χ1n) is 18.4. The molecule has 0 radical (unpaired) electrons. The average molecular weight is 580 g/mol. The number of allylic oxidation sites excluding steroid dienone is 2. The number of hydrogen-bond acceptors (Lipinski definition) is 3. The van der Waals surface area contributed by atoms with E-state index in [9.17, 15) is 15.0 Å². The smallest absolute Gasteiger partial charge is 0.220 e. The number of carbonyl (C=O) groups excluding carboxylic acids is 1. The molecule has 244 valence electrons. The predicted molar refractivity (Wildman–Crippen MR) is 179 cm³/mol. The summed E-state index contributed by atoms with van der Waals surface area (Å²) in [4.78, 5) is 12.3. The van der Waals surface area contributed by atoms with Crippen molar-refractivity contribution in [3.63, 3.8) is 0 Å². The fourth-order valence-electron chi connectivity index (χ4n) is 5.65. The van der Waals surface area contributed by atoms with Gasteiger partial charge in [0.25, 0.3) is 0 Å². The Balaban J connectivity index is 3.52. The zero-order chi connectivity index (χ0) is 30.1. The summed E-state index contributed by atoms with van der Waals surface area (Å²) in [5.41, 5.74) is 0. The first-order chi connectivity index (χ1) is 20.2. The van der Waals surface area contributed by atoms with E-state index >= 15 is 0 Å². The van der Waals surface area contributed by atoms with Gasteiger partial charge in [-0.05, 0) is 38.5 Å². The average Bonchev–Trinajstić information content (AvgIpc) is 2.97. The highest BCUT2D eigenvalue weighted by atomic mass is 16.3. The number of nitrogens with one attached hydrogen (secondary N) is 1. The fourth-order valence-corrected chi connectivity index (χ4v) is 5.65. The van der Waals surface area contributed by atoms with Crippen LogP contribution in [0.4, 0.5) is 0 Å². The number of carbonyl (C=O) groups is 1. The minimum atomic E-state index is -0.654. The molecule has 0 spiro atoms. The molecule has 4 nitrogen and oxygen atoms in total. The van der Waals surface area contributed by atoms with Crippen LogP contribution in [0, 0.1) is 0 Å². The molecule has 41 heavy (non-hydrogen) atoms. The Hall–Kier alpha value is -0.870. The van der Waals surface area contributed by atoms with E-state index in [1.165, 1.54) is 148 Å². The van der Waals surface area contributed by atoms with E-state index in [2.05, 4.69) is 31.3 Å². The first kappa shape index (κ1) is 40.1. The number of aliphatic hydroxyl groups is 2. The standard InChI is InChI=1S/C37H73NO3/c1-3-5-7-9-11-13-15-16-17-18-19-20-21-22-23-25-27-29-31-33-37(41)38-35(34-39)36(40)32-30-28-26-24-14-12-10-8-6-4-2/h16-17,35-36,39-40H,3-15,18-34H2,1-2H3,(H,38,41)/b17-16+/t35-,36+/m0/s1. The van der Waals surface area contributed by atoms with Crippen LogP contribution in [-0.2, 0) is 4.79 Å². The van der Waals surface area contributed by atoms with Crippen molar-refractivity contribution in [3.8, 4) is 0 Å². The van der Waals surface area contributed by atoms with Gasteiger partial charge in [-0.15, -0.1) is 0 Å². The molecular formula is C37H73NO3. The molecule has 2 atom stereocenters. The van der Waals surface area contributed by atoms with Gasteiger partial charge in [-0.2, -0.15) is 0 Å². The van der Waals surface area contributed by atoms with E-state index in [4.69, 9.17) is 0 Å². The van der Waals surface area contributed by atoms with Crippen molar-refractivity contribution in [3.05, 3.63) is 12.2 Å². The third kappa shape index (κ3) is 30.4. The van der Waals surface area contributed by atoms with Gasteiger partial charge in [0.15, 0.2) is 0 Å². The van der Waals surface area contributed by atoms with E-state index in [0.29, 0.717) is 12.8 Å². The molecule has 0 aromatic rings. The Kier molecular flexibility index (Phi) is 32.9. The lowest BCUT2D eigenvalue weighted by atomic mass is 10.0. The van der Waals surface area contributed by atoms with Crippen molar-refractivity contribution in [2.45, 2.75) is 212 Å². The topological polar surface area (TPSA) is 69.6 Å². The molecule has 0 aliphatic carbocycles. The van der Waals surface area contributed by atoms with Crippen molar-refractivity contribution >= 4 is 5.91 Å². The summed E-state index contributed by atoms with van der Waals surface area (Å²) >= 11 is 0. The van der Waals surface area contributed by atoms with Crippen LogP contribution < -0.4 is 5.32 Å². The monoisotopic (exact) mass is 580 g/mol. The molecule has 0 aromatic carbocycles. The lowest BCUT2D eigenvalue weighted by Gasteiger charge is -2.22. The SMILES string of the molecule is CCCCCCCC/C=C/CCCCCCCCCCCC(=O)N[C@@H](CO)[C@H](O)CCCCCCCCCCCC. The van der Waals surface area contributed by atoms with Crippen LogP contribution in [0.5, 0.6) is 0 Å². The molecule has 0 aliphatic heterocycles. The van der Waals surface area contributed by atoms with Crippen molar-refractivity contribution < 1.29 is 15.0 Å². The predicted octanol–water partition coefficient (Wildman–Crippen LogP) is 10.7. The summed E-state index contributed by atoms with van der Waals surface area (Å²) in [6.07, 6.45) is 39.8. The Bertz CT molecular complexity index is 550. The lowest BCUT2D eigenvalue weighted by molar-refractivity contribution is -0.123. The lowest BCUT2D eigenvalue weighted by Crippen LogP contribution is -2.45. The van der Waals surface area contributed by atoms with Gasteiger partial charge < -0.3 is 15.5 Å². The Labute approximate surface area is 256 Å². The minimum Gasteiger partial charge on any atom is -0.394 e. The molecule has 3 N–H and O–H groups in total. The third-order valence-electron chi connectivity index (χ3n) is 8.53.